The van der Waals surface area contributed by atoms with Crippen molar-refractivity contribution < 1.29 is 13.2 Å². The molecule has 0 saturated carbocycles. The number of aromatic nitrogens is 1. The van der Waals surface area contributed by atoms with Gasteiger partial charge in [-0.1, -0.05) is 12.1 Å². The third-order valence-electron chi connectivity index (χ3n) is 3.84. The molecule has 0 radical (unpaired) electrons. The number of rotatable bonds is 3. The SMILES string of the molecule is COc1cccc2c1CCN(S(=O)(=O)c1sc(C)nc1C)C2. The lowest BCUT2D eigenvalue weighted by molar-refractivity contribution is 0.371. The van der Waals surface area contributed by atoms with Crippen molar-refractivity contribution >= 4 is 21.4 Å². The van der Waals surface area contributed by atoms with E-state index in [2.05, 4.69) is 4.98 Å². The molecule has 2 aromatic rings. The molecular formula is C15H18N2O3S2. The van der Waals surface area contributed by atoms with Crippen LogP contribution in [0.4, 0.5) is 0 Å². The first kappa shape index (κ1) is 15.5. The molecule has 5 nitrogen and oxygen atoms in total. The van der Waals surface area contributed by atoms with E-state index in [1.807, 2.05) is 25.1 Å². The minimum absolute atomic E-state index is 0.358. The summed E-state index contributed by atoms with van der Waals surface area (Å²) in [6, 6.07) is 5.78. The Bertz CT molecular complexity index is 812. The zero-order valence-electron chi connectivity index (χ0n) is 12.8. The number of hydrogen-bond donors (Lipinski definition) is 0. The highest BCUT2D eigenvalue weighted by atomic mass is 32.2. The van der Waals surface area contributed by atoms with E-state index in [9.17, 15) is 8.42 Å². The van der Waals surface area contributed by atoms with Crippen molar-refractivity contribution in [1.29, 1.82) is 0 Å². The molecule has 0 amide bonds. The second kappa shape index (κ2) is 5.64. The van der Waals surface area contributed by atoms with E-state index in [1.54, 1.807) is 14.0 Å². The maximum absolute atomic E-state index is 12.9. The van der Waals surface area contributed by atoms with Crippen molar-refractivity contribution in [3.8, 4) is 5.75 Å². The first-order valence-corrected chi connectivity index (χ1v) is 9.28. The number of nitrogens with zero attached hydrogens (tertiary/aromatic N) is 2. The number of ether oxygens (including phenoxy) is 1. The molecule has 7 heteroatoms. The van der Waals surface area contributed by atoms with Crippen molar-refractivity contribution in [3.05, 3.63) is 40.0 Å². The van der Waals surface area contributed by atoms with Gasteiger partial charge in [0.2, 0.25) is 0 Å². The van der Waals surface area contributed by atoms with Gasteiger partial charge in [0.1, 0.15) is 5.75 Å². The Balaban J connectivity index is 1.96. The molecule has 22 heavy (non-hydrogen) atoms. The average molecular weight is 338 g/mol. The Morgan fingerprint density at radius 2 is 2.09 bits per heavy atom. The normalized spacial score (nSPS) is 15.6. The monoisotopic (exact) mass is 338 g/mol. The van der Waals surface area contributed by atoms with Gasteiger partial charge in [-0.05, 0) is 37.5 Å². The Labute approximate surface area is 134 Å². The Kier molecular flexibility index (Phi) is 3.96. The molecule has 1 aromatic heterocycles. The van der Waals surface area contributed by atoms with Gasteiger partial charge >= 0.3 is 0 Å². The van der Waals surface area contributed by atoms with Crippen LogP contribution in [0.25, 0.3) is 0 Å². The second-order valence-corrected chi connectivity index (χ2v) is 8.63. The van der Waals surface area contributed by atoms with Crippen molar-refractivity contribution in [2.45, 2.75) is 31.0 Å². The summed E-state index contributed by atoms with van der Waals surface area (Å²) in [5, 5.41) is 0.773. The minimum atomic E-state index is -3.49. The molecule has 1 aliphatic rings. The smallest absolute Gasteiger partial charge is 0.254 e. The van der Waals surface area contributed by atoms with Crippen molar-refractivity contribution in [2.75, 3.05) is 13.7 Å². The highest BCUT2D eigenvalue weighted by Gasteiger charge is 2.32. The quantitative estimate of drug-likeness (QED) is 0.863. The van der Waals surface area contributed by atoms with Crippen LogP contribution in [-0.2, 0) is 23.0 Å². The predicted octanol–water partition coefficient (Wildman–Crippen LogP) is 2.52. The van der Waals surface area contributed by atoms with Crippen molar-refractivity contribution in [3.63, 3.8) is 0 Å². The lowest BCUT2D eigenvalue weighted by Gasteiger charge is -2.28. The van der Waals surface area contributed by atoms with Gasteiger partial charge in [0.15, 0.2) is 4.21 Å². The van der Waals surface area contributed by atoms with Gasteiger partial charge in [-0.2, -0.15) is 4.31 Å². The van der Waals surface area contributed by atoms with E-state index >= 15 is 0 Å². The minimum Gasteiger partial charge on any atom is -0.496 e. The highest BCUT2D eigenvalue weighted by molar-refractivity contribution is 7.91. The number of sulfonamides is 1. The summed E-state index contributed by atoms with van der Waals surface area (Å²) in [4.78, 5) is 4.24. The van der Waals surface area contributed by atoms with Crippen LogP contribution in [-0.4, -0.2) is 31.4 Å². The highest BCUT2D eigenvalue weighted by Crippen LogP contribution is 2.32. The summed E-state index contributed by atoms with van der Waals surface area (Å²) in [7, 11) is -1.84. The van der Waals surface area contributed by atoms with Crippen LogP contribution in [0.1, 0.15) is 21.8 Å². The number of methoxy groups -OCH3 is 1. The molecule has 0 fully saturated rings. The zero-order chi connectivity index (χ0) is 15.9. The molecule has 118 valence electrons. The van der Waals surface area contributed by atoms with Crippen LogP contribution in [0.15, 0.2) is 22.4 Å². The lowest BCUT2D eigenvalue weighted by Crippen LogP contribution is -2.36. The second-order valence-electron chi connectivity index (χ2n) is 5.29. The molecule has 1 aliphatic heterocycles. The van der Waals surface area contributed by atoms with E-state index in [0.717, 1.165) is 21.9 Å². The number of thiazole rings is 1. The topological polar surface area (TPSA) is 59.5 Å². The van der Waals surface area contributed by atoms with Gasteiger partial charge < -0.3 is 4.74 Å². The molecule has 0 unspecified atom stereocenters. The fraction of sp³-hybridized carbons (Fsp3) is 0.400. The summed E-state index contributed by atoms with van der Waals surface area (Å²) < 4.78 is 33.0. The summed E-state index contributed by atoms with van der Waals surface area (Å²) >= 11 is 1.24. The van der Waals surface area contributed by atoms with Gasteiger partial charge in [0, 0.05) is 13.1 Å². The van der Waals surface area contributed by atoms with Crippen LogP contribution in [0.3, 0.4) is 0 Å². The van der Waals surface area contributed by atoms with Crippen molar-refractivity contribution in [2.24, 2.45) is 0 Å². The Morgan fingerprint density at radius 3 is 2.73 bits per heavy atom. The molecular weight excluding hydrogens is 320 g/mol. The molecule has 0 atom stereocenters. The van der Waals surface area contributed by atoms with Crippen LogP contribution in [0.5, 0.6) is 5.75 Å². The van der Waals surface area contributed by atoms with E-state index in [4.69, 9.17) is 4.74 Å². The molecule has 3 rings (SSSR count). The molecule has 0 bridgehead atoms. The standard InChI is InChI=1S/C15H18N2O3S2/c1-10-15(21-11(2)16-10)22(18,19)17-8-7-13-12(9-17)5-4-6-14(13)20-3/h4-6H,7-9H2,1-3H3. The number of benzene rings is 1. The molecule has 1 aromatic carbocycles. The largest absolute Gasteiger partial charge is 0.496 e. The number of aryl methyl sites for hydroxylation is 2. The molecule has 2 heterocycles. The van der Waals surface area contributed by atoms with Crippen molar-refractivity contribution in [1.82, 2.24) is 9.29 Å². The van der Waals surface area contributed by atoms with E-state index in [0.29, 0.717) is 29.4 Å². The number of fused-ring (bicyclic) bond motifs is 1. The third-order valence-corrected chi connectivity index (χ3v) is 7.35. The fourth-order valence-corrected chi connectivity index (χ4v) is 5.85. The third kappa shape index (κ3) is 2.53. The van der Waals surface area contributed by atoms with Gasteiger partial charge in [-0.3, -0.25) is 0 Å². The average Bonchev–Trinajstić information content (AvgIpc) is 2.85. The molecule has 0 N–H and O–H groups in total. The Morgan fingerprint density at radius 1 is 1.32 bits per heavy atom. The maximum atomic E-state index is 12.9. The first-order valence-electron chi connectivity index (χ1n) is 7.02. The van der Waals surface area contributed by atoms with E-state index in [1.165, 1.54) is 15.6 Å². The van der Waals surface area contributed by atoms with Crippen LogP contribution in [0.2, 0.25) is 0 Å². The molecule has 0 aliphatic carbocycles. The molecule has 0 spiro atoms. The maximum Gasteiger partial charge on any atom is 0.254 e. The number of hydrogen-bond acceptors (Lipinski definition) is 5. The van der Waals surface area contributed by atoms with Gasteiger partial charge in [0.05, 0.1) is 17.8 Å². The summed E-state index contributed by atoms with van der Waals surface area (Å²) in [6.07, 6.45) is 0.662. The Hall–Kier alpha value is -1.44. The summed E-state index contributed by atoms with van der Waals surface area (Å²) in [6.45, 7) is 4.42. The first-order chi connectivity index (χ1) is 10.4. The molecule has 0 saturated heterocycles. The van der Waals surface area contributed by atoms with Crippen LogP contribution in [0, 0.1) is 13.8 Å². The van der Waals surface area contributed by atoms with Crippen LogP contribution >= 0.6 is 11.3 Å². The van der Waals surface area contributed by atoms with E-state index < -0.39 is 10.0 Å². The van der Waals surface area contributed by atoms with Crippen LogP contribution < -0.4 is 4.74 Å². The van der Waals surface area contributed by atoms with E-state index in [-0.39, 0.29) is 0 Å². The van der Waals surface area contributed by atoms with Gasteiger partial charge in [-0.15, -0.1) is 11.3 Å². The zero-order valence-corrected chi connectivity index (χ0v) is 14.4. The predicted molar refractivity (Wildman–Crippen MR) is 85.9 cm³/mol. The van der Waals surface area contributed by atoms with Gasteiger partial charge in [0.25, 0.3) is 10.0 Å². The van der Waals surface area contributed by atoms with Gasteiger partial charge in [-0.25, -0.2) is 13.4 Å². The summed E-state index contributed by atoms with van der Waals surface area (Å²) in [5.41, 5.74) is 2.70. The lowest BCUT2D eigenvalue weighted by atomic mass is 10.0. The fourth-order valence-electron chi connectivity index (χ4n) is 2.81. The summed E-state index contributed by atoms with van der Waals surface area (Å²) in [5.74, 6) is 0.833.